The van der Waals surface area contributed by atoms with Gasteiger partial charge in [0.15, 0.2) is 0 Å². The first-order chi connectivity index (χ1) is 6.35. The van der Waals surface area contributed by atoms with E-state index in [0.717, 1.165) is 24.0 Å². The number of rotatable bonds is 4. The van der Waals surface area contributed by atoms with Crippen LogP contribution in [0.1, 0.15) is 11.1 Å². The van der Waals surface area contributed by atoms with Crippen LogP contribution in [0.3, 0.4) is 0 Å². The minimum atomic E-state index is 0.639. The highest BCUT2D eigenvalue weighted by Crippen LogP contribution is 2.28. The normalized spacial score (nSPS) is 11.5. The van der Waals surface area contributed by atoms with Gasteiger partial charge in [0.25, 0.3) is 0 Å². The van der Waals surface area contributed by atoms with Crippen LogP contribution in [-0.4, -0.2) is 11.8 Å². The minimum absolute atomic E-state index is 0.639. The van der Waals surface area contributed by atoms with Gasteiger partial charge in [0.05, 0.1) is 0 Å². The van der Waals surface area contributed by atoms with Gasteiger partial charge in [-0.05, 0) is 36.1 Å². The quantitative estimate of drug-likeness (QED) is 0.715. The van der Waals surface area contributed by atoms with E-state index in [4.69, 9.17) is 27.6 Å². The van der Waals surface area contributed by atoms with Crippen LogP contribution in [0.4, 0.5) is 0 Å². The molecule has 0 saturated heterocycles. The van der Waals surface area contributed by atoms with Crippen molar-refractivity contribution >= 4 is 34.4 Å². The van der Waals surface area contributed by atoms with Gasteiger partial charge in [-0.3, -0.25) is 0 Å². The zero-order valence-electron chi connectivity index (χ0n) is 7.15. The van der Waals surface area contributed by atoms with Gasteiger partial charge >= 0.3 is 0 Å². The molecule has 0 aliphatic carbocycles. The lowest BCUT2D eigenvalue weighted by Gasteiger charge is -1.97. The molecular weight excluding hydrogens is 207 g/mol. The molecule has 13 heavy (non-hydrogen) atoms. The smallest absolute Gasteiger partial charge is 0.134 e. The number of halogens is 2. The molecule has 70 valence electrons. The van der Waals surface area contributed by atoms with E-state index < -0.39 is 0 Å². The van der Waals surface area contributed by atoms with Gasteiger partial charge in [0.2, 0.25) is 0 Å². The number of benzene rings is 1. The first-order valence-electron chi connectivity index (χ1n) is 4.30. The molecule has 3 heteroatoms. The lowest BCUT2D eigenvalue weighted by Crippen LogP contribution is -1.89. The highest BCUT2D eigenvalue weighted by molar-refractivity contribution is 6.18. The third-order valence-corrected chi connectivity index (χ3v) is 2.54. The van der Waals surface area contributed by atoms with Crippen molar-refractivity contribution in [3.63, 3.8) is 0 Å². The number of hydrogen-bond donors (Lipinski definition) is 0. The fraction of sp³-hybridized carbons (Fsp3) is 0.400. The monoisotopic (exact) mass is 216 g/mol. The Hall–Kier alpha value is -0.400. The van der Waals surface area contributed by atoms with E-state index in [2.05, 4.69) is 12.1 Å². The fourth-order valence-electron chi connectivity index (χ4n) is 1.61. The Labute approximate surface area is 87.0 Å². The highest BCUT2D eigenvalue weighted by Gasteiger charge is 2.12. The standard InChI is InChI=1S/C10H10Cl2O/c11-3-1-7-5-9-6-8(2-4-12)10(7)13-9/h5-6H,1-4H2. The summed E-state index contributed by atoms with van der Waals surface area (Å²) in [5.41, 5.74) is 4.37. The van der Waals surface area contributed by atoms with Crippen molar-refractivity contribution < 1.29 is 4.42 Å². The van der Waals surface area contributed by atoms with E-state index in [9.17, 15) is 0 Å². The van der Waals surface area contributed by atoms with E-state index in [1.807, 2.05) is 0 Å². The lowest BCUT2D eigenvalue weighted by atomic mass is 10.1. The summed E-state index contributed by atoms with van der Waals surface area (Å²) in [5, 5.41) is 0. The van der Waals surface area contributed by atoms with Crippen molar-refractivity contribution in [1.29, 1.82) is 0 Å². The maximum atomic E-state index is 5.68. The maximum absolute atomic E-state index is 5.68. The first kappa shape index (κ1) is 9.17. The van der Waals surface area contributed by atoms with Crippen molar-refractivity contribution in [3.8, 4) is 0 Å². The van der Waals surface area contributed by atoms with E-state index in [1.165, 1.54) is 11.1 Å². The predicted molar refractivity (Wildman–Crippen MR) is 56.2 cm³/mol. The fourth-order valence-corrected chi connectivity index (χ4v) is 2.01. The molecule has 0 aliphatic rings. The predicted octanol–water partition coefficient (Wildman–Crippen LogP) is 3.43. The Morgan fingerprint density at radius 2 is 1.54 bits per heavy atom. The zero-order chi connectivity index (χ0) is 9.26. The highest BCUT2D eigenvalue weighted by atomic mass is 35.5. The molecule has 2 heterocycles. The first-order valence-corrected chi connectivity index (χ1v) is 5.37. The molecule has 0 radical (unpaired) electrons. The van der Waals surface area contributed by atoms with Crippen molar-refractivity contribution in [2.24, 2.45) is 0 Å². The average Bonchev–Trinajstić information content (AvgIpc) is 2.64. The van der Waals surface area contributed by atoms with E-state index in [-0.39, 0.29) is 0 Å². The Bertz CT molecular complexity index is 350. The van der Waals surface area contributed by atoms with Gasteiger partial charge in [0.1, 0.15) is 11.2 Å². The summed E-state index contributed by atoms with van der Waals surface area (Å²) < 4.78 is 5.53. The molecule has 0 aromatic carbocycles. The van der Waals surface area contributed by atoms with Gasteiger partial charge in [0, 0.05) is 11.8 Å². The summed E-state index contributed by atoms with van der Waals surface area (Å²) in [6, 6.07) is 4.10. The molecule has 2 rings (SSSR count). The van der Waals surface area contributed by atoms with Crippen LogP contribution in [0.2, 0.25) is 0 Å². The SMILES string of the molecule is ClCCc1cc2cc(CCCl)c1o2. The summed E-state index contributed by atoms with van der Waals surface area (Å²) in [7, 11) is 0. The zero-order valence-corrected chi connectivity index (χ0v) is 8.66. The van der Waals surface area contributed by atoms with Crippen molar-refractivity contribution in [2.45, 2.75) is 12.8 Å². The topological polar surface area (TPSA) is 13.1 Å². The molecule has 0 N–H and O–H groups in total. The van der Waals surface area contributed by atoms with Gasteiger partial charge in [-0.1, -0.05) is 0 Å². The third-order valence-electron chi connectivity index (χ3n) is 2.16. The maximum Gasteiger partial charge on any atom is 0.134 e. The van der Waals surface area contributed by atoms with E-state index >= 15 is 0 Å². The van der Waals surface area contributed by atoms with E-state index in [1.54, 1.807) is 0 Å². The molecule has 0 saturated carbocycles. The molecule has 0 atom stereocenters. The molecule has 0 aliphatic heterocycles. The third kappa shape index (κ3) is 1.63. The molecule has 0 fully saturated rings. The van der Waals surface area contributed by atoms with Crippen LogP contribution in [0.15, 0.2) is 16.5 Å². The molecule has 0 unspecified atom stereocenters. The second kappa shape index (κ2) is 3.77. The number of hydrogen-bond acceptors (Lipinski definition) is 1. The summed E-state index contributed by atoms with van der Waals surface area (Å²) in [6.07, 6.45) is 1.75. The summed E-state index contributed by atoms with van der Waals surface area (Å²) in [5.74, 6) is 1.28. The van der Waals surface area contributed by atoms with Gasteiger partial charge in [-0.25, -0.2) is 0 Å². The molecule has 2 aromatic heterocycles. The molecular formula is C10H10Cl2O. The molecule has 0 amide bonds. The average molecular weight is 217 g/mol. The van der Waals surface area contributed by atoms with Gasteiger partial charge in [-0.2, -0.15) is 0 Å². The van der Waals surface area contributed by atoms with Gasteiger partial charge in [-0.15, -0.1) is 23.2 Å². The van der Waals surface area contributed by atoms with Crippen LogP contribution in [0, 0.1) is 0 Å². The van der Waals surface area contributed by atoms with Crippen molar-refractivity contribution in [2.75, 3.05) is 11.8 Å². The number of aryl methyl sites for hydroxylation is 2. The number of alkyl halides is 2. The summed E-state index contributed by atoms with van der Waals surface area (Å²) >= 11 is 11.4. The summed E-state index contributed by atoms with van der Waals surface area (Å²) in [4.78, 5) is 0. The minimum Gasteiger partial charge on any atom is -0.457 e. The van der Waals surface area contributed by atoms with Crippen molar-refractivity contribution in [3.05, 3.63) is 23.3 Å². The Kier molecular flexibility index (Phi) is 2.66. The largest absolute Gasteiger partial charge is 0.457 e. The molecule has 2 bridgehead atoms. The van der Waals surface area contributed by atoms with Crippen LogP contribution >= 0.6 is 23.2 Å². The molecule has 1 nitrogen and oxygen atoms in total. The Morgan fingerprint density at radius 3 is 1.92 bits per heavy atom. The second-order valence-electron chi connectivity index (χ2n) is 3.05. The van der Waals surface area contributed by atoms with Crippen molar-refractivity contribution in [1.82, 2.24) is 0 Å². The summed E-state index contributed by atoms with van der Waals surface area (Å²) in [6.45, 7) is 0. The van der Waals surface area contributed by atoms with Gasteiger partial charge < -0.3 is 4.42 Å². The van der Waals surface area contributed by atoms with E-state index in [0.29, 0.717) is 11.8 Å². The number of furan rings is 2. The van der Waals surface area contributed by atoms with Crippen LogP contribution in [-0.2, 0) is 12.8 Å². The molecule has 0 spiro atoms. The Balaban J connectivity index is 2.33. The number of fused-ring (bicyclic) bond motifs is 2. The van der Waals surface area contributed by atoms with Crippen LogP contribution in [0.25, 0.3) is 11.2 Å². The van der Waals surface area contributed by atoms with Crippen LogP contribution in [0.5, 0.6) is 0 Å². The second-order valence-corrected chi connectivity index (χ2v) is 3.81. The lowest BCUT2D eigenvalue weighted by molar-refractivity contribution is 0.670. The van der Waals surface area contributed by atoms with Crippen LogP contribution < -0.4 is 0 Å². The Morgan fingerprint density at radius 1 is 1.00 bits per heavy atom. The molecule has 2 aromatic rings.